The predicted octanol–water partition coefficient (Wildman–Crippen LogP) is 2.50. The fourth-order valence-corrected chi connectivity index (χ4v) is 5.17. The Labute approximate surface area is 109 Å². The van der Waals surface area contributed by atoms with Crippen LogP contribution in [0.4, 0.5) is 0 Å². The van der Waals surface area contributed by atoms with Crippen molar-refractivity contribution in [1.29, 1.82) is 0 Å². The number of alkyl halides is 1. The molecule has 2 saturated carbocycles. The molecule has 2 rings (SSSR count). The van der Waals surface area contributed by atoms with Gasteiger partial charge in [-0.05, 0) is 37.5 Å². The van der Waals surface area contributed by atoms with E-state index in [2.05, 4.69) is 4.72 Å². The van der Waals surface area contributed by atoms with Gasteiger partial charge in [-0.1, -0.05) is 19.3 Å². The number of nitrogens with one attached hydrogen (secondary N) is 1. The third-order valence-corrected chi connectivity index (χ3v) is 6.62. The van der Waals surface area contributed by atoms with Crippen molar-refractivity contribution >= 4 is 21.6 Å². The first-order chi connectivity index (χ1) is 8.13. The van der Waals surface area contributed by atoms with Gasteiger partial charge < -0.3 is 0 Å². The Bertz CT molecular complexity index is 338. The first-order valence-corrected chi connectivity index (χ1v) is 8.76. The minimum atomic E-state index is -3.07. The normalized spacial score (nSPS) is 31.1. The van der Waals surface area contributed by atoms with Crippen molar-refractivity contribution < 1.29 is 8.42 Å². The minimum Gasteiger partial charge on any atom is -0.215 e. The van der Waals surface area contributed by atoms with E-state index in [0.29, 0.717) is 24.3 Å². The highest BCUT2D eigenvalue weighted by atomic mass is 35.5. The number of hydrogen-bond donors (Lipinski definition) is 1. The van der Waals surface area contributed by atoms with Gasteiger partial charge in [-0.25, -0.2) is 13.1 Å². The van der Waals surface area contributed by atoms with E-state index in [-0.39, 0.29) is 5.25 Å². The molecule has 0 aromatic heterocycles. The molecular formula is C12H22ClNO2S. The highest BCUT2D eigenvalue weighted by molar-refractivity contribution is 7.90. The number of rotatable bonds is 5. The molecule has 0 aliphatic heterocycles. The van der Waals surface area contributed by atoms with Crippen LogP contribution in [0.1, 0.15) is 44.9 Å². The monoisotopic (exact) mass is 279 g/mol. The third kappa shape index (κ3) is 3.36. The molecule has 0 bridgehead atoms. The van der Waals surface area contributed by atoms with Crippen LogP contribution in [0, 0.1) is 11.8 Å². The highest BCUT2D eigenvalue weighted by Gasteiger charge is 2.31. The first-order valence-electron chi connectivity index (χ1n) is 6.68. The van der Waals surface area contributed by atoms with E-state index in [0.717, 1.165) is 38.5 Å². The summed E-state index contributed by atoms with van der Waals surface area (Å²) in [6.07, 6.45) is 7.23. The molecule has 3 nitrogen and oxygen atoms in total. The summed E-state index contributed by atoms with van der Waals surface area (Å²) in [5, 5.41) is -0.140. The van der Waals surface area contributed by atoms with Crippen LogP contribution in [0.15, 0.2) is 0 Å². The summed E-state index contributed by atoms with van der Waals surface area (Å²) in [6.45, 7) is 0.593. The molecule has 0 aromatic rings. The van der Waals surface area contributed by atoms with Crippen molar-refractivity contribution in [2.24, 2.45) is 11.8 Å². The zero-order valence-electron chi connectivity index (χ0n) is 10.2. The van der Waals surface area contributed by atoms with Crippen LogP contribution in [0.25, 0.3) is 0 Å². The van der Waals surface area contributed by atoms with E-state index in [1.807, 2.05) is 0 Å². The lowest BCUT2D eigenvalue weighted by molar-refractivity contribution is 0.417. The first kappa shape index (κ1) is 13.6. The lowest BCUT2D eigenvalue weighted by atomic mass is 9.98. The lowest BCUT2D eigenvalue weighted by Gasteiger charge is -2.19. The summed E-state index contributed by atoms with van der Waals surface area (Å²) in [6, 6.07) is 0. The van der Waals surface area contributed by atoms with Crippen molar-refractivity contribution in [3.63, 3.8) is 0 Å². The molecule has 0 aromatic carbocycles. The van der Waals surface area contributed by atoms with Gasteiger partial charge in [0.2, 0.25) is 10.0 Å². The van der Waals surface area contributed by atoms with Crippen LogP contribution in [-0.4, -0.2) is 26.1 Å². The topological polar surface area (TPSA) is 46.2 Å². The highest BCUT2D eigenvalue weighted by Crippen LogP contribution is 2.32. The fraction of sp³-hybridized carbons (Fsp3) is 1.00. The minimum absolute atomic E-state index is 0.140. The molecule has 0 amide bonds. The zero-order chi connectivity index (χ0) is 12.3. The maximum Gasteiger partial charge on any atom is 0.214 e. The van der Waals surface area contributed by atoms with Gasteiger partial charge in [0.05, 0.1) is 5.25 Å². The average Bonchev–Trinajstić information content (AvgIpc) is 2.97. The number of hydrogen-bond acceptors (Lipinski definition) is 2. The summed E-state index contributed by atoms with van der Waals surface area (Å²) < 4.78 is 26.9. The Kier molecular flexibility index (Phi) is 4.72. The quantitative estimate of drug-likeness (QED) is 0.786. The molecule has 2 aliphatic carbocycles. The average molecular weight is 280 g/mol. The van der Waals surface area contributed by atoms with Crippen molar-refractivity contribution in [3.05, 3.63) is 0 Å². The van der Waals surface area contributed by atoms with Crippen LogP contribution in [-0.2, 0) is 10.0 Å². The summed E-state index contributed by atoms with van der Waals surface area (Å²) in [4.78, 5) is 0. The molecule has 0 heterocycles. The number of halogens is 1. The second-order valence-electron chi connectivity index (χ2n) is 5.41. The van der Waals surface area contributed by atoms with Crippen molar-refractivity contribution in [2.45, 2.75) is 50.2 Å². The maximum absolute atomic E-state index is 12.0. The molecule has 2 atom stereocenters. The SMILES string of the molecule is O=S(=O)(NCC1CCCC1CCl)C1CCCC1. The second kappa shape index (κ2) is 5.89. The number of sulfonamides is 1. The van der Waals surface area contributed by atoms with E-state index in [9.17, 15) is 8.42 Å². The van der Waals surface area contributed by atoms with Gasteiger partial charge in [-0.3, -0.25) is 0 Å². The summed E-state index contributed by atoms with van der Waals surface area (Å²) in [7, 11) is -3.07. The van der Waals surface area contributed by atoms with Crippen molar-refractivity contribution in [1.82, 2.24) is 4.72 Å². The summed E-state index contributed by atoms with van der Waals surface area (Å²) in [5.74, 6) is 1.61. The fourth-order valence-electron chi connectivity index (χ4n) is 3.13. The Balaban J connectivity index is 1.84. The molecule has 17 heavy (non-hydrogen) atoms. The van der Waals surface area contributed by atoms with Crippen LogP contribution >= 0.6 is 11.6 Å². The smallest absolute Gasteiger partial charge is 0.214 e. The van der Waals surface area contributed by atoms with Gasteiger partial charge in [0.25, 0.3) is 0 Å². The Morgan fingerprint density at radius 3 is 2.29 bits per heavy atom. The van der Waals surface area contributed by atoms with Crippen LogP contribution < -0.4 is 4.72 Å². The van der Waals surface area contributed by atoms with E-state index < -0.39 is 10.0 Å². The molecular weight excluding hydrogens is 258 g/mol. The molecule has 5 heteroatoms. The molecule has 1 N–H and O–H groups in total. The summed E-state index contributed by atoms with van der Waals surface area (Å²) in [5.41, 5.74) is 0. The van der Waals surface area contributed by atoms with E-state index in [1.165, 1.54) is 6.42 Å². The molecule has 2 aliphatic rings. The molecule has 2 unspecified atom stereocenters. The van der Waals surface area contributed by atoms with Crippen molar-refractivity contribution in [3.8, 4) is 0 Å². The van der Waals surface area contributed by atoms with Gasteiger partial charge in [0.15, 0.2) is 0 Å². The maximum atomic E-state index is 12.0. The standard InChI is InChI=1S/C12H22ClNO2S/c13-8-10-4-3-5-11(10)9-14-17(15,16)12-6-1-2-7-12/h10-12,14H,1-9H2. The van der Waals surface area contributed by atoms with Gasteiger partial charge in [-0.2, -0.15) is 0 Å². The van der Waals surface area contributed by atoms with Gasteiger partial charge in [-0.15, -0.1) is 11.6 Å². The summed E-state index contributed by atoms with van der Waals surface area (Å²) >= 11 is 5.90. The van der Waals surface area contributed by atoms with Gasteiger partial charge in [0.1, 0.15) is 0 Å². The molecule has 0 spiro atoms. The molecule has 0 saturated heterocycles. The molecule has 0 radical (unpaired) electrons. The Hall–Kier alpha value is 0.200. The Morgan fingerprint density at radius 2 is 1.65 bits per heavy atom. The van der Waals surface area contributed by atoms with E-state index >= 15 is 0 Å². The van der Waals surface area contributed by atoms with Gasteiger partial charge in [0, 0.05) is 12.4 Å². The van der Waals surface area contributed by atoms with E-state index in [1.54, 1.807) is 0 Å². The van der Waals surface area contributed by atoms with Crippen LogP contribution in [0.5, 0.6) is 0 Å². The van der Waals surface area contributed by atoms with Crippen LogP contribution in [0.2, 0.25) is 0 Å². The van der Waals surface area contributed by atoms with Crippen molar-refractivity contribution in [2.75, 3.05) is 12.4 Å². The zero-order valence-corrected chi connectivity index (χ0v) is 11.8. The largest absolute Gasteiger partial charge is 0.215 e. The third-order valence-electron chi connectivity index (χ3n) is 4.30. The Morgan fingerprint density at radius 1 is 1.00 bits per heavy atom. The van der Waals surface area contributed by atoms with E-state index in [4.69, 9.17) is 11.6 Å². The molecule has 100 valence electrons. The van der Waals surface area contributed by atoms with Gasteiger partial charge >= 0.3 is 0 Å². The molecule has 2 fully saturated rings. The predicted molar refractivity (Wildman–Crippen MR) is 70.7 cm³/mol. The lowest BCUT2D eigenvalue weighted by Crippen LogP contribution is -2.37. The second-order valence-corrected chi connectivity index (χ2v) is 7.76. The van der Waals surface area contributed by atoms with Crippen LogP contribution in [0.3, 0.4) is 0 Å².